The third kappa shape index (κ3) is 5.15. The van der Waals surface area contributed by atoms with Gasteiger partial charge >= 0.3 is 0 Å². The molecule has 0 aliphatic heterocycles. The topological polar surface area (TPSA) is 78.4 Å². The molecule has 0 heterocycles. The third-order valence-corrected chi connectivity index (χ3v) is 3.93. The SMILES string of the molecule is CCC(O)(CC)CNC(=O)C(C)NC(=O)c1cccc(C)c1. The molecule has 5 nitrogen and oxygen atoms in total. The van der Waals surface area contributed by atoms with Gasteiger partial charge in [0.15, 0.2) is 0 Å². The van der Waals surface area contributed by atoms with Gasteiger partial charge in [-0.3, -0.25) is 9.59 Å². The molecule has 0 bridgehead atoms. The summed E-state index contributed by atoms with van der Waals surface area (Å²) >= 11 is 0. The van der Waals surface area contributed by atoms with Crippen LogP contribution in [0.15, 0.2) is 24.3 Å². The maximum absolute atomic E-state index is 12.1. The van der Waals surface area contributed by atoms with Crippen LogP contribution in [0.2, 0.25) is 0 Å². The smallest absolute Gasteiger partial charge is 0.251 e. The summed E-state index contributed by atoms with van der Waals surface area (Å²) in [6.45, 7) is 7.46. The van der Waals surface area contributed by atoms with Crippen LogP contribution in [0.5, 0.6) is 0 Å². The summed E-state index contributed by atoms with van der Waals surface area (Å²) in [4.78, 5) is 24.1. The third-order valence-electron chi connectivity index (χ3n) is 3.93. The molecule has 0 fully saturated rings. The van der Waals surface area contributed by atoms with Crippen LogP contribution in [0.25, 0.3) is 0 Å². The summed E-state index contributed by atoms with van der Waals surface area (Å²) in [6, 6.07) is 6.53. The van der Waals surface area contributed by atoms with E-state index in [9.17, 15) is 14.7 Å². The Morgan fingerprint density at radius 3 is 2.45 bits per heavy atom. The van der Waals surface area contributed by atoms with Gasteiger partial charge in [-0.2, -0.15) is 0 Å². The minimum atomic E-state index is -0.893. The minimum absolute atomic E-state index is 0.184. The zero-order valence-electron chi connectivity index (χ0n) is 13.8. The number of benzene rings is 1. The largest absolute Gasteiger partial charge is 0.388 e. The number of carbonyl (C=O) groups is 2. The van der Waals surface area contributed by atoms with Crippen LogP contribution in [0.4, 0.5) is 0 Å². The van der Waals surface area contributed by atoms with Crippen molar-refractivity contribution in [3.8, 4) is 0 Å². The van der Waals surface area contributed by atoms with E-state index in [0.29, 0.717) is 18.4 Å². The molecule has 1 aromatic rings. The summed E-state index contributed by atoms with van der Waals surface area (Å²) in [5, 5.41) is 15.5. The molecule has 1 rings (SSSR count). The summed E-state index contributed by atoms with van der Waals surface area (Å²) in [5.41, 5.74) is 0.620. The van der Waals surface area contributed by atoms with E-state index in [-0.39, 0.29) is 18.4 Å². The van der Waals surface area contributed by atoms with Crippen molar-refractivity contribution in [3.05, 3.63) is 35.4 Å². The molecule has 0 aliphatic rings. The average Bonchev–Trinajstić information content (AvgIpc) is 2.52. The highest BCUT2D eigenvalue weighted by Gasteiger charge is 2.24. The molecule has 1 aromatic carbocycles. The first kappa shape index (κ1) is 18.2. The van der Waals surface area contributed by atoms with E-state index < -0.39 is 11.6 Å². The minimum Gasteiger partial charge on any atom is -0.388 e. The molecule has 3 N–H and O–H groups in total. The highest BCUT2D eigenvalue weighted by molar-refractivity contribution is 5.97. The molecule has 2 amide bonds. The Morgan fingerprint density at radius 2 is 1.91 bits per heavy atom. The van der Waals surface area contributed by atoms with Gasteiger partial charge in [-0.05, 0) is 38.8 Å². The predicted molar refractivity (Wildman–Crippen MR) is 86.6 cm³/mol. The lowest BCUT2D eigenvalue weighted by Gasteiger charge is -2.26. The zero-order valence-corrected chi connectivity index (χ0v) is 13.8. The monoisotopic (exact) mass is 306 g/mol. The molecule has 22 heavy (non-hydrogen) atoms. The maximum atomic E-state index is 12.1. The van der Waals surface area contributed by atoms with Crippen LogP contribution in [0.3, 0.4) is 0 Å². The molecule has 1 atom stereocenters. The van der Waals surface area contributed by atoms with Crippen LogP contribution < -0.4 is 10.6 Å². The van der Waals surface area contributed by atoms with Crippen molar-refractivity contribution < 1.29 is 14.7 Å². The van der Waals surface area contributed by atoms with Crippen LogP contribution in [-0.4, -0.2) is 35.1 Å². The Bertz CT molecular complexity index is 524. The summed E-state index contributed by atoms with van der Waals surface area (Å²) in [5.74, 6) is -0.589. The lowest BCUT2D eigenvalue weighted by atomic mass is 9.97. The van der Waals surface area contributed by atoms with Crippen molar-refractivity contribution in [1.82, 2.24) is 10.6 Å². The molecule has 0 radical (unpaired) electrons. The van der Waals surface area contributed by atoms with Crippen LogP contribution >= 0.6 is 0 Å². The number of amides is 2. The fraction of sp³-hybridized carbons (Fsp3) is 0.529. The molecular weight excluding hydrogens is 280 g/mol. The Morgan fingerprint density at radius 1 is 1.27 bits per heavy atom. The number of hydrogen-bond donors (Lipinski definition) is 3. The number of rotatable bonds is 7. The van der Waals surface area contributed by atoms with E-state index in [1.54, 1.807) is 25.1 Å². The van der Waals surface area contributed by atoms with E-state index in [2.05, 4.69) is 10.6 Å². The fourth-order valence-corrected chi connectivity index (χ4v) is 2.04. The maximum Gasteiger partial charge on any atom is 0.251 e. The number of nitrogens with one attached hydrogen (secondary N) is 2. The van der Waals surface area contributed by atoms with Crippen molar-refractivity contribution in [2.75, 3.05) is 6.54 Å². The molecule has 1 unspecified atom stereocenters. The molecule has 0 aromatic heterocycles. The Kier molecular flexibility index (Phi) is 6.56. The van der Waals surface area contributed by atoms with Crippen molar-refractivity contribution in [2.24, 2.45) is 0 Å². The Labute approximate surface area is 132 Å². The lowest BCUT2D eigenvalue weighted by molar-refractivity contribution is -0.123. The molecule has 0 saturated carbocycles. The van der Waals surface area contributed by atoms with Crippen molar-refractivity contribution in [3.63, 3.8) is 0 Å². The van der Waals surface area contributed by atoms with Crippen LogP contribution in [-0.2, 0) is 4.79 Å². The highest BCUT2D eigenvalue weighted by atomic mass is 16.3. The summed E-state index contributed by atoms with van der Waals surface area (Å²) in [6.07, 6.45) is 1.13. The molecular formula is C17H26N2O3. The molecule has 5 heteroatoms. The number of carbonyl (C=O) groups excluding carboxylic acids is 2. The first-order valence-electron chi connectivity index (χ1n) is 7.69. The van der Waals surface area contributed by atoms with Gasteiger partial charge in [0.05, 0.1) is 5.60 Å². The highest BCUT2D eigenvalue weighted by Crippen LogP contribution is 2.12. The van der Waals surface area contributed by atoms with Gasteiger partial charge in [0.25, 0.3) is 5.91 Å². The van der Waals surface area contributed by atoms with E-state index in [4.69, 9.17) is 0 Å². The Balaban J connectivity index is 2.55. The quantitative estimate of drug-likeness (QED) is 0.718. The molecule has 0 saturated heterocycles. The van der Waals surface area contributed by atoms with Gasteiger partial charge in [0.2, 0.25) is 5.91 Å². The zero-order chi connectivity index (χ0) is 16.8. The summed E-state index contributed by atoms with van der Waals surface area (Å²) < 4.78 is 0. The van der Waals surface area contributed by atoms with Crippen molar-refractivity contribution >= 4 is 11.8 Å². The average molecular weight is 306 g/mol. The number of hydrogen-bond acceptors (Lipinski definition) is 3. The molecule has 122 valence electrons. The van der Waals surface area contributed by atoms with E-state index >= 15 is 0 Å². The van der Waals surface area contributed by atoms with Gasteiger partial charge in [-0.25, -0.2) is 0 Å². The molecule has 0 spiro atoms. The fourth-order valence-electron chi connectivity index (χ4n) is 2.04. The lowest BCUT2D eigenvalue weighted by Crippen LogP contribution is -2.49. The standard InChI is InChI=1S/C17H26N2O3/c1-5-17(22,6-2)11-18-15(20)13(4)19-16(21)14-9-7-8-12(3)10-14/h7-10,13,22H,5-6,11H2,1-4H3,(H,18,20)(H,19,21). The van der Waals surface area contributed by atoms with Crippen molar-refractivity contribution in [1.29, 1.82) is 0 Å². The predicted octanol–water partition coefficient (Wildman–Crippen LogP) is 1.78. The van der Waals surface area contributed by atoms with Gasteiger partial charge in [-0.15, -0.1) is 0 Å². The van der Waals surface area contributed by atoms with Gasteiger partial charge in [0, 0.05) is 12.1 Å². The second kappa shape index (κ2) is 7.94. The number of aliphatic hydroxyl groups is 1. The second-order valence-electron chi connectivity index (χ2n) is 5.71. The van der Waals surface area contributed by atoms with Gasteiger partial charge < -0.3 is 15.7 Å². The van der Waals surface area contributed by atoms with Crippen LogP contribution in [0.1, 0.15) is 49.5 Å². The second-order valence-corrected chi connectivity index (χ2v) is 5.71. The normalized spacial score (nSPS) is 12.6. The number of aryl methyl sites for hydroxylation is 1. The Hall–Kier alpha value is -1.88. The van der Waals surface area contributed by atoms with Gasteiger partial charge in [0.1, 0.15) is 6.04 Å². The van der Waals surface area contributed by atoms with Crippen molar-refractivity contribution in [2.45, 2.75) is 52.2 Å². The molecule has 0 aliphatic carbocycles. The van der Waals surface area contributed by atoms with E-state index in [1.165, 1.54) is 0 Å². The first-order valence-corrected chi connectivity index (χ1v) is 7.69. The van der Waals surface area contributed by atoms with Crippen LogP contribution in [0, 0.1) is 6.92 Å². The van der Waals surface area contributed by atoms with Gasteiger partial charge in [-0.1, -0.05) is 31.5 Å². The van der Waals surface area contributed by atoms with E-state index in [0.717, 1.165) is 5.56 Å². The van der Waals surface area contributed by atoms with E-state index in [1.807, 2.05) is 26.8 Å². The first-order chi connectivity index (χ1) is 10.3. The summed E-state index contributed by atoms with van der Waals surface area (Å²) in [7, 11) is 0.